The molecule has 3 aromatic rings. The summed E-state index contributed by atoms with van der Waals surface area (Å²) in [7, 11) is 0. The molecule has 2 aliphatic rings. The minimum absolute atomic E-state index is 0.00370. The average molecular weight is 538 g/mol. The summed E-state index contributed by atoms with van der Waals surface area (Å²) in [6.07, 6.45) is -1.34. The zero-order valence-electron chi connectivity index (χ0n) is 21.4. The monoisotopic (exact) mass is 537 g/mol. The Morgan fingerprint density at radius 3 is 2.10 bits per heavy atom. The van der Waals surface area contributed by atoms with Gasteiger partial charge in [-0.25, -0.2) is 4.98 Å². The second-order valence-electron chi connectivity index (χ2n) is 9.79. The van der Waals surface area contributed by atoms with Crippen molar-refractivity contribution in [1.29, 1.82) is 0 Å². The highest BCUT2D eigenvalue weighted by molar-refractivity contribution is 6.00. The van der Waals surface area contributed by atoms with Gasteiger partial charge in [-0.1, -0.05) is 18.2 Å². The van der Waals surface area contributed by atoms with Gasteiger partial charge in [-0.15, -0.1) is 0 Å². The minimum Gasteiger partial charge on any atom is -0.371 e. The first-order valence-corrected chi connectivity index (χ1v) is 13.1. The number of para-hydroxylation sites is 1. The SMILES string of the molecule is O=C(NC1CCN(c2ccccc2C(=O)N2CCN(c3ccccn3)CC2)CC1)c1ccc(C(F)(F)F)cc1. The number of aromatic nitrogens is 1. The molecule has 0 atom stereocenters. The maximum absolute atomic E-state index is 13.5. The Kier molecular flexibility index (Phi) is 7.72. The Hall–Kier alpha value is -4.08. The van der Waals surface area contributed by atoms with Crippen molar-refractivity contribution in [1.82, 2.24) is 15.2 Å². The molecule has 2 aromatic carbocycles. The number of benzene rings is 2. The number of hydrogen-bond acceptors (Lipinski definition) is 5. The zero-order valence-corrected chi connectivity index (χ0v) is 21.4. The van der Waals surface area contributed by atoms with E-state index in [2.05, 4.69) is 20.1 Å². The lowest BCUT2D eigenvalue weighted by Gasteiger charge is -2.37. The van der Waals surface area contributed by atoms with Crippen molar-refractivity contribution in [2.75, 3.05) is 49.1 Å². The number of alkyl halides is 3. The highest BCUT2D eigenvalue weighted by atomic mass is 19.4. The van der Waals surface area contributed by atoms with Crippen LogP contribution in [0.25, 0.3) is 0 Å². The van der Waals surface area contributed by atoms with Gasteiger partial charge in [0.15, 0.2) is 0 Å². The number of amides is 2. The lowest BCUT2D eigenvalue weighted by Crippen LogP contribution is -2.49. The Balaban J connectivity index is 1.17. The standard InChI is InChI=1S/C29H30F3N5O2/c30-29(31,32)22-10-8-21(9-11-22)27(38)34-23-12-15-35(16-13-23)25-6-2-1-5-24(25)28(39)37-19-17-36(18-20-37)26-7-3-4-14-33-26/h1-11,14,23H,12-13,15-20H2,(H,34,38). The van der Waals surface area contributed by atoms with Gasteiger partial charge in [-0.05, 0) is 61.4 Å². The van der Waals surface area contributed by atoms with Crippen LogP contribution in [-0.4, -0.2) is 67.0 Å². The molecule has 2 aliphatic heterocycles. The summed E-state index contributed by atoms with van der Waals surface area (Å²) < 4.78 is 38.4. The number of nitrogens with zero attached hydrogens (tertiary/aromatic N) is 4. The topological polar surface area (TPSA) is 68.8 Å². The lowest BCUT2D eigenvalue weighted by molar-refractivity contribution is -0.137. The van der Waals surface area contributed by atoms with E-state index in [1.165, 1.54) is 12.1 Å². The van der Waals surface area contributed by atoms with Crippen molar-refractivity contribution in [3.05, 3.63) is 89.6 Å². The van der Waals surface area contributed by atoms with Crippen LogP contribution in [0.2, 0.25) is 0 Å². The number of nitrogens with one attached hydrogen (secondary N) is 1. The molecule has 3 heterocycles. The molecule has 0 unspecified atom stereocenters. The van der Waals surface area contributed by atoms with Crippen LogP contribution >= 0.6 is 0 Å². The molecular formula is C29H30F3N5O2. The molecule has 0 spiro atoms. The van der Waals surface area contributed by atoms with Crippen LogP contribution in [0, 0.1) is 0 Å². The Bertz CT molecular complexity index is 1280. The molecule has 0 radical (unpaired) electrons. The van der Waals surface area contributed by atoms with Crippen molar-refractivity contribution < 1.29 is 22.8 Å². The second-order valence-corrected chi connectivity index (χ2v) is 9.79. The van der Waals surface area contributed by atoms with Gasteiger partial charge < -0.3 is 20.0 Å². The van der Waals surface area contributed by atoms with E-state index in [4.69, 9.17) is 0 Å². The van der Waals surface area contributed by atoms with E-state index in [0.717, 1.165) is 36.7 Å². The first kappa shape index (κ1) is 26.5. The predicted molar refractivity (Wildman–Crippen MR) is 143 cm³/mol. The van der Waals surface area contributed by atoms with Gasteiger partial charge >= 0.3 is 6.18 Å². The Labute approximate surface area is 225 Å². The van der Waals surface area contributed by atoms with Crippen LogP contribution in [0.1, 0.15) is 39.1 Å². The molecule has 5 rings (SSSR count). The number of pyridine rings is 1. The molecule has 10 heteroatoms. The number of hydrogen-bond donors (Lipinski definition) is 1. The molecule has 39 heavy (non-hydrogen) atoms. The van der Waals surface area contributed by atoms with Crippen LogP contribution < -0.4 is 15.1 Å². The number of rotatable bonds is 5. The third-order valence-corrected chi connectivity index (χ3v) is 7.32. The summed E-state index contributed by atoms with van der Waals surface area (Å²) >= 11 is 0. The van der Waals surface area contributed by atoms with Gasteiger partial charge in [0.25, 0.3) is 11.8 Å². The van der Waals surface area contributed by atoms with Gasteiger partial charge in [0.05, 0.1) is 11.1 Å². The van der Waals surface area contributed by atoms with Crippen molar-refractivity contribution in [3.63, 3.8) is 0 Å². The molecule has 2 saturated heterocycles. The molecule has 1 aromatic heterocycles. The maximum atomic E-state index is 13.5. The molecule has 0 saturated carbocycles. The van der Waals surface area contributed by atoms with E-state index in [1.807, 2.05) is 47.4 Å². The molecular weight excluding hydrogens is 507 g/mol. The summed E-state index contributed by atoms with van der Waals surface area (Å²) in [5.74, 6) is 0.532. The fraction of sp³-hybridized carbons (Fsp3) is 0.345. The smallest absolute Gasteiger partial charge is 0.371 e. The number of halogens is 3. The van der Waals surface area contributed by atoms with E-state index in [-0.39, 0.29) is 23.4 Å². The molecule has 2 amide bonds. The highest BCUT2D eigenvalue weighted by Crippen LogP contribution is 2.29. The Morgan fingerprint density at radius 1 is 0.795 bits per heavy atom. The number of carbonyl (C=O) groups excluding carboxylic acids is 2. The number of anilines is 2. The molecule has 0 aliphatic carbocycles. The molecule has 0 bridgehead atoms. The zero-order chi connectivity index (χ0) is 27.4. The van der Waals surface area contributed by atoms with Crippen LogP contribution in [0.3, 0.4) is 0 Å². The fourth-order valence-electron chi connectivity index (χ4n) is 5.12. The molecule has 1 N–H and O–H groups in total. The van der Waals surface area contributed by atoms with E-state index in [0.29, 0.717) is 44.6 Å². The van der Waals surface area contributed by atoms with E-state index in [1.54, 1.807) is 6.20 Å². The van der Waals surface area contributed by atoms with Crippen LogP contribution in [0.15, 0.2) is 72.9 Å². The molecule has 204 valence electrons. The number of piperazine rings is 1. The summed E-state index contributed by atoms with van der Waals surface area (Å²) in [4.78, 5) is 36.7. The fourth-order valence-corrected chi connectivity index (χ4v) is 5.12. The first-order valence-electron chi connectivity index (χ1n) is 13.1. The lowest BCUT2D eigenvalue weighted by atomic mass is 10.0. The van der Waals surface area contributed by atoms with E-state index in [9.17, 15) is 22.8 Å². The van der Waals surface area contributed by atoms with Crippen LogP contribution in [0.4, 0.5) is 24.7 Å². The van der Waals surface area contributed by atoms with Crippen molar-refractivity contribution in [2.45, 2.75) is 25.1 Å². The van der Waals surface area contributed by atoms with Gasteiger partial charge in [0.2, 0.25) is 0 Å². The van der Waals surface area contributed by atoms with E-state index >= 15 is 0 Å². The molecule has 7 nitrogen and oxygen atoms in total. The number of carbonyl (C=O) groups is 2. The molecule has 2 fully saturated rings. The predicted octanol–water partition coefficient (Wildman–Crippen LogP) is 4.46. The largest absolute Gasteiger partial charge is 0.416 e. The summed E-state index contributed by atoms with van der Waals surface area (Å²) in [6.45, 7) is 3.96. The van der Waals surface area contributed by atoms with Crippen molar-refractivity contribution >= 4 is 23.3 Å². The summed E-state index contributed by atoms with van der Waals surface area (Å²) in [5.41, 5.74) is 0.957. The maximum Gasteiger partial charge on any atom is 0.416 e. The number of piperidine rings is 1. The highest BCUT2D eigenvalue weighted by Gasteiger charge is 2.31. The van der Waals surface area contributed by atoms with Crippen molar-refractivity contribution in [3.8, 4) is 0 Å². The third kappa shape index (κ3) is 6.16. The average Bonchev–Trinajstić information content (AvgIpc) is 2.97. The summed E-state index contributed by atoms with van der Waals surface area (Å²) in [6, 6.07) is 17.6. The van der Waals surface area contributed by atoms with Gasteiger partial charge in [0, 0.05) is 62.8 Å². The van der Waals surface area contributed by atoms with Crippen LogP contribution in [0.5, 0.6) is 0 Å². The summed E-state index contributed by atoms with van der Waals surface area (Å²) in [5, 5.41) is 2.94. The van der Waals surface area contributed by atoms with Gasteiger partial charge in [-0.3, -0.25) is 9.59 Å². The normalized spacial score (nSPS) is 16.7. The quantitative estimate of drug-likeness (QED) is 0.521. The van der Waals surface area contributed by atoms with Gasteiger partial charge in [0.1, 0.15) is 5.82 Å². The van der Waals surface area contributed by atoms with E-state index < -0.39 is 11.7 Å². The first-order chi connectivity index (χ1) is 18.8. The van der Waals surface area contributed by atoms with Gasteiger partial charge in [-0.2, -0.15) is 13.2 Å². The Morgan fingerprint density at radius 2 is 1.46 bits per heavy atom. The minimum atomic E-state index is -4.44. The van der Waals surface area contributed by atoms with Crippen molar-refractivity contribution in [2.24, 2.45) is 0 Å². The third-order valence-electron chi connectivity index (χ3n) is 7.32. The van der Waals surface area contributed by atoms with Crippen LogP contribution in [-0.2, 0) is 6.18 Å². The second kappa shape index (κ2) is 11.3.